The van der Waals surface area contributed by atoms with E-state index in [9.17, 15) is 14.2 Å². The third-order valence-electron chi connectivity index (χ3n) is 8.94. The third kappa shape index (κ3) is 39.3. The highest BCUT2D eigenvalue weighted by molar-refractivity contribution is 7.46. The van der Waals surface area contributed by atoms with Crippen LogP contribution in [0.15, 0.2) is 24.3 Å². The number of carbonyl (C=O) groups is 2. The van der Waals surface area contributed by atoms with E-state index in [1.54, 1.807) is 0 Å². The van der Waals surface area contributed by atoms with E-state index in [0.717, 1.165) is 51.4 Å². The van der Waals surface area contributed by atoms with E-state index in [-0.39, 0.29) is 19.4 Å². The molecule has 0 heterocycles. The summed E-state index contributed by atoms with van der Waals surface area (Å²) in [4.78, 5) is 42.8. The molecule has 0 unspecified atom stereocenters. The van der Waals surface area contributed by atoms with Gasteiger partial charge in [0.25, 0.3) is 0 Å². The van der Waals surface area contributed by atoms with Crippen LogP contribution in [0.25, 0.3) is 0 Å². The van der Waals surface area contributed by atoms with Gasteiger partial charge in [-0.2, -0.15) is 0 Å². The number of phosphoric acid groups is 1. The fraction of sp³-hybridized carbons (Fsp3) is 0.854. The predicted molar refractivity (Wildman–Crippen MR) is 207 cm³/mol. The SMILES string of the molecule is CCCCCCCC/C=C/CCCCCCCCCC(=O)OC[C@H](COP(=O)(O)O)OC(=O)CCCC/C=C/CCCCCCCCCCC. The summed E-state index contributed by atoms with van der Waals surface area (Å²) in [5.74, 6) is -0.910. The van der Waals surface area contributed by atoms with Crippen LogP contribution in [0.4, 0.5) is 0 Å². The molecule has 0 aliphatic heterocycles. The number of phosphoric ester groups is 1. The van der Waals surface area contributed by atoms with Gasteiger partial charge in [-0.05, 0) is 64.2 Å². The van der Waals surface area contributed by atoms with E-state index in [1.165, 1.54) is 122 Å². The molecule has 0 aromatic rings. The number of unbranched alkanes of at least 4 members (excludes halogenated alkanes) is 24. The van der Waals surface area contributed by atoms with E-state index in [4.69, 9.17) is 19.3 Å². The van der Waals surface area contributed by atoms with Gasteiger partial charge in [0, 0.05) is 12.8 Å². The van der Waals surface area contributed by atoms with Gasteiger partial charge in [-0.15, -0.1) is 0 Å². The Morgan fingerprint density at radius 3 is 1.26 bits per heavy atom. The van der Waals surface area contributed by atoms with Crippen LogP contribution in [-0.4, -0.2) is 41.0 Å². The van der Waals surface area contributed by atoms with Crippen LogP contribution >= 0.6 is 7.82 Å². The number of carbonyl (C=O) groups excluding carboxylic acids is 2. The standard InChI is InChI=1S/C41H77O8P/c1-3-5-7-9-11-13-15-17-19-20-22-23-25-27-29-31-33-35-40(42)47-37-39(38-48-50(44,45)46)49-41(43)36-34-32-30-28-26-24-21-18-16-14-12-10-8-6-4-2/h17,19,26,28,39H,3-16,18,20-25,27,29-38H2,1-2H3,(H2,44,45,46)/b19-17+,28-26+/t39-/m1/s1. The molecule has 0 bridgehead atoms. The molecule has 0 aliphatic rings. The van der Waals surface area contributed by atoms with Crippen LogP contribution in [0, 0.1) is 0 Å². The fourth-order valence-electron chi connectivity index (χ4n) is 5.83. The molecular formula is C41H77O8P. The first-order valence-corrected chi connectivity index (χ1v) is 22.2. The molecule has 9 heteroatoms. The van der Waals surface area contributed by atoms with Crippen molar-refractivity contribution < 1.29 is 37.9 Å². The summed E-state index contributed by atoms with van der Waals surface area (Å²) in [5.41, 5.74) is 0. The van der Waals surface area contributed by atoms with Crippen molar-refractivity contribution in [2.24, 2.45) is 0 Å². The quantitative estimate of drug-likeness (QED) is 0.0279. The molecule has 0 aliphatic carbocycles. The summed E-state index contributed by atoms with van der Waals surface area (Å²) in [6.45, 7) is 3.67. The van der Waals surface area contributed by atoms with E-state index >= 15 is 0 Å². The Morgan fingerprint density at radius 1 is 0.500 bits per heavy atom. The Bertz CT molecular complexity index is 869. The van der Waals surface area contributed by atoms with E-state index in [0.29, 0.717) is 6.42 Å². The van der Waals surface area contributed by atoms with Crippen LogP contribution in [0.1, 0.15) is 206 Å². The van der Waals surface area contributed by atoms with E-state index in [2.05, 4.69) is 42.7 Å². The Kier molecular flexibility index (Phi) is 36.2. The number of esters is 2. The minimum atomic E-state index is -4.76. The predicted octanol–water partition coefficient (Wildman–Crippen LogP) is 12.4. The summed E-state index contributed by atoms with van der Waals surface area (Å²) >= 11 is 0. The molecule has 0 saturated carbocycles. The molecule has 50 heavy (non-hydrogen) atoms. The van der Waals surface area contributed by atoms with Gasteiger partial charge in [-0.3, -0.25) is 14.1 Å². The number of hydrogen-bond donors (Lipinski definition) is 2. The van der Waals surface area contributed by atoms with Crippen LogP contribution in [0.5, 0.6) is 0 Å². The molecule has 0 amide bonds. The molecule has 2 N–H and O–H groups in total. The minimum absolute atomic E-state index is 0.183. The van der Waals surface area contributed by atoms with Crippen LogP contribution < -0.4 is 0 Å². The molecule has 8 nitrogen and oxygen atoms in total. The first kappa shape index (κ1) is 48.5. The Morgan fingerprint density at radius 2 is 0.840 bits per heavy atom. The second kappa shape index (κ2) is 37.3. The highest BCUT2D eigenvalue weighted by atomic mass is 31.2. The van der Waals surface area contributed by atoms with Crippen LogP contribution in [0.2, 0.25) is 0 Å². The fourth-order valence-corrected chi connectivity index (χ4v) is 6.19. The molecule has 294 valence electrons. The largest absolute Gasteiger partial charge is 0.469 e. The lowest BCUT2D eigenvalue weighted by atomic mass is 10.1. The number of ether oxygens (including phenoxy) is 2. The normalized spacial score (nSPS) is 12.6. The lowest BCUT2D eigenvalue weighted by Crippen LogP contribution is -2.29. The first-order valence-electron chi connectivity index (χ1n) is 20.6. The van der Waals surface area contributed by atoms with E-state index < -0.39 is 32.5 Å². The number of hydrogen-bond acceptors (Lipinski definition) is 6. The van der Waals surface area contributed by atoms with Gasteiger partial charge >= 0.3 is 19.8 Å². The van der Waals surface area contributed by atoms with Crippen molar-refractivity contribution >= 4 is 19.8 Å². The number of allylic oxidation sites excluding steroid dienone is 4. The molecule has 0 aromatic carbocycles. The van der Waals surface area contributed by atoms with Crippen molar-refractivity contribution in [3.63, 3.8) is 0 Å². The maximum atomic E-state index is 12.4. The monoisotopic (exact) mass is 729 g/mol. The van der Waals surface area contributed by atoms with Crippen molar-refractivity contribution in [3.8, 4) is 0 Å². The Labute approximate surface area is 307 Å². The molecule has 0 saturated heterocycles. The lowest BCUT2D eigenvalue weighted by Gasteiger charge is -2.18. The lowest BCUT2D eigenvalue weighted by molar-refractivity contribution is -0.161. The summed E-state index contributed by atoms with van der Waals surface area (Å²) in [6, 6.07) is 0. The summed E-state index contributed by atoms with van der Waals surface area (Å²) in [6.07, 6.45) is 41.9. The molecule has 0 radical (unpaired) electrons. The Hall–Kier alpha value is -1.47. The highest BCUT2D eigenvalue weighted by Crippen LogP contribution is 2.36. The average Bonchev–Trinajstić information content (AvgIpc) is 3.08. The topological polar surface area (TPSA) is 119 Å². The van der Waals surface area contributed by atoms with Crippen molar-refractivity contribution in [1.82, 2.24) is 0 Å². The summed E-state index contributed by atoms with van der Waals surface area (Å²) < 4.78 is 26.3. The summed E-state index contributed by atoms with van der Waals surface area (Å²) in [5, 5.41) is 0. The van der Waals surface area contributed by atoms with Gasteiger partial charge in [-0.1, -0.05) is 154 Å². The number of rotatable bonds is 38. The molecule has 0 spiro atoms. The average molecular weight is 729 g/mol. The minimum Gasteiger partial charge on any atom is -0.462 e. The van der Waals surface area contributed by atoms with Crippen molar-refractivity contribution in [2.45, 2.75) is 213 Å². The molecule has 0 aromatic heterocycles. The zero-order valence-corrected chi connectivity index (χ0v) is 33.2. The maximum absolute atomic E-state index is 12.4. The van der Waals surface area contributed by atoms with E-state index in [1.807, 2.05) is 0 Å². The summed E-state index contributed by atoms with van der Waals surface area (Å²) in [7, 11) is -4.76. The van der Waals surface area contributed by atoms with Gasteiger partial charge < -0.3 is 19.3 Å². The smallest absolute Gasteiger partial charge is 0.462 e. The molecule has 0 rings (SSSR count). The first-order chi connectivity index (χ1) is 24.3. The second-order valence-corrected chi connectivity index (χ2v) is 15.2. The van der Waals surface area contributed by atoms with Gasteiger partial charge in [0.1, 0.15) is 6.61 Å². The molecular weight excluding hydrogens is 651 g/mol. The van der Waals surface area contributed by atoms with Gasteiger partial charge in [0.15, 0.2) is 6.10 Å². The van der Waals surface area contributed by atoms with Crippen LogP contribution in [-0.2, 0) is 28.2 Å². The van der Waals surface area contributed by atoms with Crippen molar-refractivity contribution in [1.29, 1.82) is 0 Å². The zero-order valence-electron chi connectivity index (χ0n) is 32.3. The van der Waals surface area contributed by atoms with Crippen molar-refractivity contribution in [2.75, 3.05) is 13.2 Å². The van der Waals surface area contributed by atoms with Crippen LogP contribution in [0.3, 0.4) is 0 Å². The maximum Gasteiger partial charge on any atom is 0.469 e. The zero-order chi connectivity index (χ0) is 36.8. The third-order valence-corrected chi connectivity index (χ3v) is 9.43. The van der Waals surface area contributed by atoms with Gasteiger partial charge in [-0.25, -0.2) is 4.57 Å². The molecule has 1 atom stereocenters. The van der Waals surface area contributed by atoms with Gasteiger partial charge in [0.05, 0.1) is 6.61 Å². The highest BCUT2D eigenvalue weighted by Gasteiger charge is 2.22. The molecule has 0 fully saturated rings. The van der Waals surface area contributed by atoms with Crippen molar-refractivity contribution in [3.05, 3.63) is 24.3 Å². The van der Waals surface area contributed by atoms with Gasteiger partial charge in [0.2, 0.25) is 0 Å². The Balaban J connectivity index is 3.94. The second-order valence-electron chi connectivity index (χ2n) is 14.0.